The smallest absolute Gasteiger partial charge is 0.0223 e. The van der Waals surface area contributed by atoms with Crippen LogP contribution in [0.5, 0.6) is 0 Å². The van der Waals surface area contributed by atoms with E-state index in [4.69, 9.17) is 11.6 Å². The fourth-order valence-corrected chi connectivity index (χ4v) is 1.57. The minimum atomic E-state index is 0.329. The van der Waals surface area contributed by atoms with E-state index in [-0.39, 0.29) is 0 Å². The summed E-state index contributed by atoms with van der Waals surface area (Å²) in [6, 6.07) is 0. The maximum atomic E-state index is 5.49. The standard InChI is InChI=1S/C6H14ClP/c1-8(2)6-4-3-5-7/h3-6H2,1-2H3. The lowest BCUT2D eigenvalue weighted by Gasteiger charge is -2.01. The van der Waals surface area contributed by atoms with E-state index in [0.29, 0.717) is 7.92 Å². The molecule has 0 unspecified atom stereocenters. The van der Waals surface area contributed by atoms with Crippen molar-refractivity contribution in [3.8, 4) is 0 Å². The van der Waals surface area contributed by atoms with Gasteiger partial charge in [0.25, 0.3) is 0 Å². The Morgan fingerprint density at radius 2 is 1.88 bits per heavy atom. The Balaban J connectivity index is 2.72. The van der Waals surface area contributed by atoms with Gasteiger partial charge in [0, 0.05) is 5.88 Å². The molecule has 0 N–H and O–H groups in total. The van der Waals surface area contributed by atoms with Gasteiger partial charge < -0.3 is 0 Å². The maximum Gasteiger partial charge on any atom is 0.0223 e. The van der Waals surface area contributed by atoms with Gasteiger partial charge in [0.1, 0.15) is 0 Å². The minimum Gasteiger partial charge on any atom is -0.127 e. The highest BCUT2D eigenvalue weighted by molar-refractivity contribution is 7.55. The normalized spacial score (nSPS) is 10.5. The predicted octanol–water partition coefficient (Wildman–Crippen LogP) is 2.75. The first-order valence-corrected chi connectivity index (χ1v) is 5.93. The Morgan fingerprint density at radius 3 is 2.25 bits per heavy atom. The molecular formula is C6H14ClP. The van der Waals surface area contributed by atoms with Crippen molar-refractivity contribution in [1.29, 1.82) is 0 Å². The summed E-state index contributed by atoms with van der Waals surface area (Å²) in [4.78, 5) is 0. The number of hydrogen-bond acceptors (Lipinski definition) is 0. The number of alkyl halides is 1. The van der Waals surface area contributed by atoms with Crippen LogP contribution in [0, 0.1) is 0 Å². The molecule has 0 amide bonds. The molecule has 0 atom stereocenters. The second-order valence-electron chi connectivity index (χ2n) is 2.20. The molecule has 0 saturated heterocycles. The summed E-state index contributed by atoms with van der Waals surface area (Å²) < 4.78 is 0. The predicted molar refractivity (Wildman–Crippen MR) is 43.6 cm³/mol. The molecule has 0 nitrogen and oxygen atoms in total. The summed E-state index contributed by atoms with van der Waals surface area (Å²) in [5.74, 6) is 0.836. The average Bonchev–Trinajstić information content (AvgIpc) is 1.66. The van der Waals surface area contributed by atoms with Crippen molar-refractivity contribution in [1.82, 2.24) is 0 Å². The molecule has 0 bridgehead atoms. The summed E-state index contributed by atoms with van der Waals surface area (Å²) in [6.07, 6.45) is 3.91. The third-order valence-corrected chi connectivity index (χ3v) is 2.47. The third-order valence-electron chi connectivity index (χ3n) is 0.989. The Morgan fingerprint density at radius 1 is 1.25 bits per heavy atom. The number of halogens is 1. The second kappa shape index (κ2) is 5.85. The number of rotatable bonds is 4. The average molecular weight is 153 g/mol. The van der Waals surface area contributed by atoms with Crippen LogP contribution in [0.25, 0.3) is 0 Å². The quantitative estimate of drug-likeness (QED) is 0.330. The van der Waals surface area contributed by atoms with Crippen molar-refractivity contribution < 1.29 is 0 Å². The lowest BCUT2D eigenvalue weighted by molar-refractivity contribution is 0.899. The van der Waals surface area contributed by atoms with Gasteiger partial charge in [0.2, 0.25) is 0 Å². The molecule has 0 aliphatic carbocycles. The lowest BCUT2D eigenvalue weighted by Crippen LogP contribution is -1.82. The topological polar surface area (TPSA) is 0 Å². The second-order valence-corrected chi connectivity index (χ2v) is 5.18. The lowest BCUT2D eigenvalue weighted by atomic mass is 10.4. The third kappa shape index (κ3) is 6.72. The van der Waals surface area contributed by atoms with Crippen molar-refractivity contribution in [3.05, 3.63) is 0 Å². The molecule has 0 aromatic heterocycles. The first-order valence-electron chi connectivity index (χ1n) is 2.98. The van der Waals surface area contributed by atoms with E-state index in [1.807, 2.05) is 0 Å². The van der Waals surface area contributed by atoms with Gasteiger partial charge in [-0.3, -0.25) is 0 Å². The van der Waals surface area contributed by atoms with Crippen molar-refractivity contribution in [2.24, 2.45) is 0 Å². The van der Waals surface area contributed by atoms with Gasteiger partial charge in [0.15, 0.2) is 0 Å². The molecule has 2 heteroatoms. The molecule has 8 heavy (non-hydrogen) atoms. The molecule has 0 radical (unpaired) electrons. The summed E-state index contributed by atoms with van der Waals surface area (Å²) in [5.41, 5.74) is 0. The van der Waals surface area contributed by atoms with E-state index in [1.165, 1.54) is 19.0 Å². The van der Waals surface area contributed by atoms with Crippen LogP contribution in [0.15, 0.2) is 0 Å². The first kappa shape index (κ1) is 8.72. The van der Waals surface area contributed by atoms with E-state index >= 15 is 0 Å². The van der Waals surface area contributed by atoms with Crippen LogP contribution in [-0.4, -0.2) is 25.4 Å². The summed E-state index contributed by atoms with van der Waals surface area (Å²) >= 11 is 5.49. The van der Waals surface area contributed by atoms with Crippen molar-refractivity contribution in [2.75, 3.05) is 25.4 Å². The van der Waals surface area contributed by atoms with Crippen molar-refractivity contribution in [2.45, 2.75) is 12.8 Å². The zero-order valence-corrected chi connectivity index (χ0v) is 7.30. The minimum absolute atomic E-state index is 0.329. The zero-order valence-electron chi connectivity index (χ0n) is 5.65. The highest BCUT2D eigenvalue weighted by Gasteiger charge is 1.90. The van der Waals surface area contributed by atoms with Gasteiger partial charge in [-0.05, 0) is 32.3 Å². The Hall–Kier alpha value is 0.720. The van der Waals surface area contributed by atoms with Crippen LogP contribution >= 0.6 is 19.5 Å². The Kier molecular flexibility index (Phi) is 6.38. The molecule has 50 valence electrons. The van der Waals surface area contributed by atoms with Crippen LogP contribution < -0.4 is 0 Å². The van der Waals surface area contributed by atoms with Crippen LogP contribution in [0.2, 0.25) is 0 Å². The molecule has 0 rings (SSSR count). The van der Waals surface area contributed by atoms with Gasteiger partial charge in [-0.2, -0.15) is 0 Å². The van der Waals surface area contributed by atoms with Crippen molar-refractivity contribution >= 4 is 19.5 Å². The van der Waals surface area contributed by atoms with Gasteiger partial charge in [0.05, 0.1) is 0 Å². The Bertz CT molecular complexity index is 45.8. The van der Waals surface area contributed by atoms with Gasteiger partial charge >= 0.3 is 0 Å². The van der Waals surface area contributed by atoms with Crippen LogP contribution in [0.1, 0.15) is 12.8 Å². The largest absolute Gasteiger partial charge is 0.127 e. The summed E-state index contributed by atoms with van der Waals surface area (Å²) in [7, 11) is 0.329. The van der Waals surface area contributed by atoms with Gasteiger partial charge in [-0.15, -0.1) is 19.5 Å². The summed E-state index contributed by atoms with van der Waals surface area (Å²) in [6.45, 7) is 4.62. The SMILES string of the molecule is CP(C)CCCCCl. The van der Waals surface area contributed by atoms with Crippen molar-refractivity contribution in [3.63, 3.8) is 0 Å². The van der Waals surface area contributed by atoms with Crippen LogP contribution in [-0.2, 0) is 0 Å². The van der Waals surface area contributed by atoms with E-state index in [9.17, 15) is 0 Å². The summed E-state index contributed by atoms with van der Waals surface area (Å²) in [5, 5.41) is 0. The molecule has 0 aromatic rings. The Labute approximate surface area is 58.4 Å². The molecule has 0 heterocycles. The molecule has 0 spiro atoms. The van der Waals surface area contributed by atoms with Gasteiger partial charge in [-0.1, -0.05) is 0 Å². The molecule has 0 saturated carbocycles. The van der Waals surface area contributed by atoms with E-state index in [1.54, 1.807) is 0 Å². The van der Waals surface area contributed by atoms with Crippen LogP contribution in [0.3, 0.4) is 0 Å². The van der Waals surface area contributed by atoms with Crippen LogP contribution in [0.4, 0.5) is 0 Å². The van der Waals surface area contributed by atoms with E-state index in [0.717, 1.165) is 5.88 Å². The van der Waals surface area contributed by atoms with E-state index < -0.39 is 0 Å². The van der Waals surface area contributed by atoms with Gasteiger partial charge in [-0.25, -0.2) is 0 Å². The zero-order chi connectivity index (χ0) is 6.41. The molecule has 0 fully saturated rings. The molecule has 0 aromatic carbocycles. The molecule has 0 aliphatic heterocycles. The molecular weight excluding hydrogens is 138 g/mol. The highest BCUT2D eigenvalue weighted by atomic mass is 35.5. The first-order chi connectivity index (χ1) is 3.77. The molecule has 0 aliphatic rings. The number of unbranched alkanes of at least 4 members (excludes halogenated alkanes) is 1. The highest BCUT2D eigenvalue weighted by Crippen LogP contribution is 2.25. The fraction of sp³-hybridized carbons (Fsp3) is 1.00. The maximum absolute atomic E-state index is 5.49. The van der Waals surface area contributed by atoms with E-state index in [2.05, 4.69) is 13.3 Å². The monoisotopic (exact) mass is 152 g/mol. The number of hydrogen-bond donors (Lipinski definition) is 0. The fourth-order valence-electron chi connectivity index (χ4n) is 0.523.